The average molecular weight is 319 g/mol. The summed E-state index contributed by atoms with van der Waals surface area (Å²) in [6, 6.07) is 13.9. The fraction of sp³-hybridized carbons (Fsp3) is 0.368. The number of hydrogen-bond donors (Lipinski definition) is 0. The van der Waals surface area contributed by atoms with Gasteiger partial charge in [-0.15, -0.1) is 0 Å². The lowest BCUT2D eigenvalue weighted by molar-refractivity contribution is 0.113. The second kappa shape index (κ2) is 8.82. The van der Waals surface area contributed by atoms with Gasteiger partial charge in [-0.2, -0.15) is 0 Å². The van der Waals surface area contributed by atoms with Crippen molar-refractivity contribution in [3.05, 3.63) is 64.2 Å². The molecule has 0 fully saturated rings. The molecule has 0 aliphatic rings. The van der Waals surface area contributed by atoms with Crippen molar-refractivity contribution in [1.82, 2.24) is 0 Å². The molecule has 0 aromatic heterocycles. The highest BCUT2D eigenvalue weighted by Crippen LogP contribution is 2.16. The molecule has 22 heavy (non-hydrogen) atoms. The van der Waals surface area contributed by atoms with Crippen LogP contribution in [0.25, 0.3) is 0 Å². The molecule has 0 spiro atoms. The van der Waals surface area contributed by atoms with Crippen LogP contribution >= 0.6 is 11.6 Å². The van der Waals surface area contributed by atoms with Crippen molar-refractivity contribution in [3.63, 3.8) is 0 Å². The Hall–Kier alpha value is -1.51. The molecule has 0 radical (unpaired) electrons. The maximum atomic E-state index is 5.83. The maximum Gasteiger partial charge on any atom is 0.119 e. The van der Waals surface area contributed by atoms with Crippen molar-refractivity contribution in [2.45, 2.75) is 33.3 Å². The topological polar surface area (TPSA) is 18.5 Å². The number of unbranched alkanes of at least 4 members (excludes halogenated alkanes) is 1. The molecule has 0 saturated carbocycles. The van der Waals surface area contributed by atoms with E-state index in [4.69, 9.17) is 21.1 Å². The average Bonchev–Trinajstić information content (AvgIpc) is 2.50. The number of ether oxygens (including phenoxy) is 2. The Labute approximate surface area is 138 Å². The molecule has 118 valence electrons. The Morgan fingerprint density at radius 3 is 2.36 bits per heavy atom. The van der Waals surface area contributed by atoms with E-state index in [9.17, 15) is 0 Å². The van der Waals surface area contributed by atoms with E-state index in [1.165, 1.54) is 16.7 Å². The van der Waals surface area contributed by atoms with Gasteiger partial charge in [0.2, 0.25) is 0 Å². The van der Waals surface area contributed by atoms with Gasteiger partial charge in [0, 0.05) is 11.6 Å². The van der Waals surface area contributed by atoms with Crippen LogP contribution in [-0.4, -0.2) is 13.2 Å². The molecule has 0 atom stereocenters. The first-order valence-corrected chi connectivity index (χ1v) is 8.05. The Morgan fingerprint density at radius 2 is 1.64 bits per heavy atom. The van der Waals surface area contributed by atoms with E-state index in [1.807, 2.05) is 24.3 Å². The van der Waals surface area contributed by atoms with E-state index < -0.39 is 0 Å². The van der Waals surface area contributed by atoms with Crippen molar-refractivity contribution >= 4 is 11.6 Å². The number of rotatable bonds is 8. The molecule has 0 unspecified atom stereocenters. The Bertz CT molecular complexity index is 578. The third-order valence-electron chi connectivity index (χ3n) is 3.52. The summed E-state index contributed by atoms with van der Waals surface area (Å²) < 4.78 is 11.4. The highest BCUT2D eigenvalue weighted by molar-refractivity contribution is 6.30. The molecule has 0 heterocycles. The van der Waals surface area contributed by atoms with Crippen molar-refractivity contribution in [3.8, 4) is 5.75 Å². The first-order chi connectivity index (χ1) is 10.6. The molecule has 0 saturated heterocycles. The van der Waals surface area contributed by atoms with Crippen LogP contribution in [0, 0.1) is 13.8 Å². The zero-order chi connectivity index (χ0) is 15.8. The van der Waals surface area contributed by atoms with E-state index in [2.05, 4.69) is 32.0 Å². The van der Waals surface area contributed by atoms with Crippen LogP contribution in [0.1, 0.15) is 29.5 Å². The van der Waals surface area contributed by atoms with Crippen molar-refractivity contribution in [1.29, 1.82) is 0 Å². The normalized spacial score (nSPS) is 10.7. The van der Waals surface area contributed by atoms with Gasteiger partial charge in [-0.25, -0.2) is 0 Å². The van der Waals surface area contributed by atoms with Gasteiger partial charge in [-0.1, -0.05) is 35.4 Å². The second-order valence-corrected chi connectivity index (χ2v) is 5.93. The Kier molecular flexibility index (Phi) is 6.75. The molecule has 2 aromatic carbocycles. The SMILES string of the molecule is Cc1ccc(COCCCCOc2ccc(Cl)cc2)c(C)c1. The fourth-order valence-corrected chi connectivity index (χ4v) is 2.34. The van der Waals surface area contributed by atoms with Crippen LogP contribution in [0.5, 0.6) is 5.75 Å². The van der Waals surface area contributed by atoms with Crippen LogP contribution < -0.4 is 4.74 Å². The smallest absolute Gasteiger partial charge is 0.119 e. The van der Waals surface area contributed by atoms with E-state index in [0.29, 0.717) is 13.2 Å². The highest BCUT2D eigenvalue weighted by Gasteiger charge is 1.99. The monoisotopic (exact) mass is 318 g/mol. The summed E-state index contributed by atoms with van der Waals surface area (Å²) in [4.78, 5) is 0. The third-order valence-corrected chi connectivity index (χ3v) is 3.77. The van der Waals surface area contributed by atoms with E-state index in [-0.39, 0.29) is 0 Å². The minimum absolute atomic E-state index is 0.685. The van der Waals surface area contributed by atoms with Crippen molar-refractivity contribution in [2.24, 2.45) is 0 Å². The minimum Gasteiger partial charge on any atom is -0.494 e. The first-order valence-electron chi connectivity index (χ1n) is 7.67. The number of aryl methyl sites for hydroxylation is 2. The van der Waals surface area contributed by atoms with Gasteiger partial charge in [0.25, 0.3) is 0 Å². The predicted molar refractivity (Wildman–Crippen MR) is 91.8 cm³/mol. The summed E-state index contributed by atoms with van der Waals surface area (Å²) in [5.41, 5.74) is 3.86. The summed E-state index contributed by atoms with van der Waals surface area (Å²) >= 11 is 5.83. The van der Waals surface area contributed by atoms with Crippen molar-refractivity contribution in [2.75, 3.05) is 13.2 Å². The van der Waals surface area contributed by atoms with E-state index in [1.54, 1.807) is 0 Å². The molecule has 2 aromatic rings. The molecule has 0 aliphatic carbocycles. The lowest BCUT2D eigenvalue weighted by atomic mass is 10.1. The zero-order valence-corrected chi connectivity index (χ0v) is 14.0. The number of benzene rings is 2. The summed E-state index contributed by atoms with van der Waals surface area (Å²) in [7, 11) is 0. The molecule has 2 rings (SSSR count). The quantitative estimate of drug-likeness (QED) is 0.612. The fourth-order valence-electron chi connectivity index (χ4n) is 2.22. The molecule has 0 N–H and O–H groups in total. The van der Waals surface area contributed by atoms with Crippen LogP contribution in [0.4, 0.5) is 0 Å². The molecule has 2 nitrogen and oxygen atoms in total. The number of halogens is 1. The van der Waals surface area contributed by atoms with Gasteiger partial charge in [-0.3, -0.25) is 0 Å². The molecule has 0 aliphatic heterocycles. The van der Waals surface area contributed by atoms with E-state index >= 15 is 0 Å². The van der Waals surface area contributed by atoms with Crippen LogP contribution in [0.2, 0.25) is 5.02 Å². The van der Waals surface area contributed by atoms with Gasteiger partial charge < -0.3 is 9.47 Å². The second-order valence-electron chi connectivity index (χ2n) is 5.49. The van der Waals surface area contributed by atoms with Gasteiger partial charge >= 0.3 is 0 Å². The zero-order valence-electron chi connectivity index (χ0n) is 13.3. The Balaban J connectivity index is 1.57. The molecule has 0 bridgehead atoms. The van der Waals surface area contributed by atoms with E-state index in [0.717, 1.165) is 30.2 Å². The molecular weight excluding hydrogens is 296 g/mol. The minimum atomic E-state index is 0.685. The first kappa shape index (κ1) is 16.9. The van der Waals surface area contributed by atoms with Crippen molar-refractivity contribution < 1.29 is 9.47 Å². The van der Waals surface area contributed by atoms with Crippen LogP contribution in [0.15, 0.2) is 42.5 Å². The standard InChI is InChI=1S/C19H23ClO2/c1-15-5-6-17(16(2)13-15)14-21-11-3-4-12-22-19-9-7-18(20)8-10-19/h5-10,13H,3-4,11-12,14H2,1-2H3. The highest BCUT2D eigenvalue weighted by atomic mass is 35.5. The third kappa shape index (κ3) is 5.70. The predicted octanol–water partition coefficient (Wildman–Crippen LogP) is 5.33. The lowest BCUT2D eigenvalue weighted by Crippen LogP contribution is -2.02. The van der Waals surface area contributed by atoms with Gasteiger partial charge in [0.15, 0.2) is 0 Å². The maximum absolute atomic E-state index is 5.83. The Morgan fingerprint density at radius 1 is 0.909 bits per heavy atom. The van der Waals surface area contributed by atoms with Gasteiger partial charge in [0.05, 0.1) is 13.2 Å². The molecule has 3 heteroatoms. The van der Waals surface area contributed by atoms with Crippen LogP contribution in [-0.2, 0) is 11.3 Å². The summed E-state index contributed by atoms with van der Waals surface area (Å²) in [6.45, 7) is 6.39. The summed E-state index contributed by atoms with van der Waals surface area (Å²) in [5.74, 6) is 0.862. The molecule has 0 amide bonds. The largest absolute Gasteiger partial charge is 0.494 e. The molecular formula is C19H23ClO2. The van der Waals surface area contributed by atoms with Gasteiger partial charge in [0.1, 0.15) is 5.75 Å². The summed E-state index contributed by atoms with van der Waals surface area (Å²) in [6.07, 6.45) is 1.98. The van der Waals surface area contributed by atoms with Crippen LogP contribution in [0.3, 0.4) is 0 Å². The lowest BCUT2D eigenvalue weighted by Gasteiger charge is -2.09. The number of hydrogen-bond acceptors (Lipinski definition) is 2. The summed E-state index contributed by atoms with van der Waals surface area (Å²) in [5, 5.41) is 0.729. The van der Waals surface area contributed by atoms with Gasteiger partial charge in [-0.05, 0) is 62.1 Å².